The van der Waals surface area contributed by atoms with Gasteiger partial charge in [-0.2, -0.15) is 0 Å². The molecule has 1 saturated heterocycles. The molecule has 2 atom stereocenters. The van der Waals surface area contributed by atoms with Crippen molar-refractivity contribution in [1.82, 2.24) is 4.90 Å². The quantitative estimate of drug-likeness (QED) is 0.873. The van der Waals surface area contributed by atoms with Gasteiger partial charge in [0, 0.05) is 24.0 Å². The Hall–Kier alpha value is -1.55. The number of nitrogens with zero attached hydrogens (tertiary/aromatic N) is 1. The molecule has 2 unspecified atom stereocenters. The lowest BCUT2D eigenvalue weighted by Crippen LogP contribution is -2.37. The lowest BCUT2D eigenvalue weighted by Gasteiger charge is -2.25. The summed E-state index contributed by atoms with van der Waals surface area (Å²) in [6.45, 7) is 2.74. The highest BCUT2D eigenvalue weighted by molar-refractivity contribution is 6.30. The average molecular weight is 324 g/mol. The van der Waals surface area contributed by atoms with E-state index in [0.717, 1.165) is 24.8 Å². The van der Waals surface area contributed by atoms with Gasteiger partial charge in [-0.15, -0.1) is 0 Å². The molecule has 0 aromatic heterocycles. The Morgan fingerprint density at radius 2 is 2.05 bits per heavy atom. The maximum atomic E-state index is 12.4. The van der Waals surface area contributed by atoms with E-state index < -0.39 is 5.97 Å². The summed E-state index contributed by atoms with van der Waals surface area (Å²) in [6.07, 6.45) is 3.02. The predicted octanol–water partition coefficient (Wildman–Crippen LogP) is 3.37. The first kappa shape index (κ1) is 16.8. The van der Waals surface area contributed by atoms with Gasteiger partial charge in [0.1, 0.15) is 0 Å². The monoisotopic (exact) mass is 323 g/mol. The number of carboxylic acids is 1. The van der Waals surface area contributed by atoms with Gasteiger partial charge in [-0.25, -0.2) is 0 Å². The Bertz CT molecular complexity index is 529. The van der Waals surface area contributed by atoms with Crippen LogP contribution in [0.15, 0.2) is 24.3 Å². The van der Waals surface area contributed by atoms with Gasteiger partial charge in [-0.1, -0.05) is 30.7 Å². The van der Waals surface area contributed by atoms with Crippen LogP contribution < -0.4 is 0 Å². The van der Waals surface area contributed by atoms with Crippen molar-refractivity contribution in [2.75, 3.05) is 6.54 Å². The van der Waals surface area contributed by atoms with E-state index in [1.54, 1.807) is 4.90 Å². The maximum Gasteiger partial charge on any atom is 0.305 e. The minimum atomic E-state index is -0.834. The Labute approximate surface area is 136 Å². The van der Waals surface area contributed by atoms with Crippen LogP contribution in [-0.2, 0) is 16.0 Å². The largest absolute Gasteiger partial charge is 0.481 e. The van der Waals surface area contributed by atoms with E-state index in [9.17, 15) is 9.59 Å². The molecule has 1 amide bonds. The zero-order chi connectivity index (χ0) is 16.1. The Morgan fingerprint density at radius 3 is 2.68 bits per heavy atom. The summed E-state index contributed by atoms with van der Waals surface area (Å²) in [5.74, 6) is -0.538. The van der Waals surface area contributed by atoms with E-state index in [0.29, 0.717) is 18.0 Å². The highest BCUT2D eigenvalue weighted by atomic mass is 35.5. The summed E-state index contributed by atoms with van der Waals surface area (Å²) in [4.78, 5) is 25.0. The molecule has 0 radical (unpaired) electrons. The fourth-order valence-corrected chi connectivity index (χ4v) is 3.21. The molecule has 1 N–H and O–H groups in total. The molecule has 22 heavy (non-hydrogen) atoms. The number of rotatable bonds is 6. The molecule has 2 rings (SSSR count). The van der Waals surface area contributed by atoms with Gasteiger partial charge in [0.25, 0.3) is 0 Å². The van der Waals surface area contributed by atoms with Gasteiger partial charge in [0.15, 0.2) is 0 Å². The van der Waals surface area contributed by atoms with Crippen LogP contribution in [-0.4, -0.2) is 34.5 Å². The smallest absolute Gasteiger partial charge is 0.305 e. The van der Waals surface area contributed by atoms with Gasteiger partial charge in [-0.3, -0.25) is 9.59 Å². The summed E-state index contributed by atoms with van der Waals surface area (Å²) >= 11 is 5.87. The van der Waals surface area contributed by atoms with Gasteiger partial charge in [-0.05, 0) is 42.9 Å². The van der Waals surface area contributed by atoms with Crippen LogP contribution in [0, 0.1) is 5.92 Å². The van der Waals surface area contributed by atoms with Gasteiger partial charge < -0.3 is 10.0 Å². The lowest BCUT2D eigenvalue weighted by atomic mass is 9.97. The number of amides is 1. The van der Waals surface area contributed by atoms with E-state index in [-0.39, 0.29) is 24.3 Å². The molecule has 1 aromatic rings. The van der Waals surface area contributed by atoms with Crippen molar-refractivity contribution in [1.29, 1.82) is 0 Å². The Balaban J connectivity index is 1.87. The molecule has 0 aliphatic carbocycles. The normalized spacial score (nSPS) is 19.2. The van der Waals surface area contributed by atoms with E-state index in [4.69, 9.17) is 16.7 Å². The molecule has 5 heteroatoms. The summed E-state index contributed by atoms with van der Waals surface area (Å²) in [5, 5.41) is 9.63. The number of hydrogen-bond donors (Lipinski definition) is 1. The molecule has 4 nitrogen and oxygen atoms in total. The summed E-state index contributed by atoms with van der Waals surface area (Å²) < 4.78 is 0. The molecule has 1 fully saturated rings. The fourth-order valence-electron chi connectivity index (χ4n) is 3.09. The first-order chi connectivity index (χ1) is 10.5. The summed E-state index contributed by atoms with van der Waals surface area (Å²) in [5.41, 5.74) is 1.16. The average Bonchev–Trinajstić information content (AvgIpc) is 2.88. The number of halogens is 1. The first-order valence-electron chi connectivity index (χ1n) is 7.71. The standard InChI is InChI=1S/C17H22ClNO3/c1-12(9-13-4-6-14(18)7-5-13)10-16(20)19-8-2-3-15(19)11-17(21)22/h4-7,12,15H,2-3,8-11H2,1H3,(H,21,22). The number of carbonyl (C=O) groups excluding carboxylic acids is 1. The SMILES string of the molecule is CC(CC(=O)N1CCCC1CC(=O)O)Cc1ccc(Cl)cc1. The molecular formula is C17H22ClNO3. The number of hydrogen-bond acceptors (Lipinski definition) is 2. The van der Waals surface area contributed by atoms with Crippen molar-refractivity contribution < 1.29 is 14.7 Å². The van der Waals surface area contributed by atoms with Crippen molar-refractivity contribution in [2.24, 2.45) is 5.92 Å². The van der Waals surface area contributed by atoms with Crippen LogP contribution in [0.25, 0.3) is 0 Å². The Kier molecular flexibility index (Phi) is 5.83. The third kappa shape index (κ3) is 4.73. The second kappa shape index (κ2) is 7.63. The highest BCUT2D eigenvalue weighted by Crippen LogP contribution is 2.23. The van der Waals surface area contributed by atoms with Crippen LogP contribution in [0.1, 0.15) is 38.2 Å². The minimum absolute atomic E-state index is 0.0529. The van der Waals surface area contributed by atoms with Crippen molar-refractivity contribution in [3.05, 3.63) is 34.9 Å². The van der Waals surface area contributed by atoms with Crippen LogP contribution in [0.2, 0.25) is 5.02 Å². The fraction of sp³-hybridized carbons (Fsp3) is 0.529. The van der Waals surface area contributed by atoms with Gasteiger partial charge in [0.05, 0.1) is 6.42 Å². The van der Waals surface area contributed by atoms with E-state index >= 15 is 0 Å². The zero-order valence-electron chi connectivity index (χ0n) is 12.8. The minimum Gasteiger partial charge on any atom is -0.481 e. The van der Waals surface area contributed by atoms with Crippen molar-refractivity contribution >= 4 is 23.5 Å². The molecule has 0 saturated carbocycles. The molecule has 1 aromatic carbocycles. The third-order valence-electron chi connectivity index (χ3n) is 4.13. The first-order valence-corrected chi connectivity index (χ1v) is 8.09. The molecule has 0 spiro atoms. The third-order valence-corrected chi connectivity index (χ3v) is 4.38. The number of aliphatic carboxylic acids is 1. The molecule has 0 bridgehead atoms. The van der Waals surface area contributed by atoms with E-state index in [1.165, 1.54) is 0 Å². The van der Waals surface area contributed by atoms with Gasteiger partial charge >= 0.3 is 5.97 Å². The van der Waals surface area contributed by atoms with Crippen LogP contribution in [0.4, 0.5) is 0 Å². The summed E-state index contributed by atoms with van der Waals surface area (Å²) in [6, 6.07) is 7.54. The van der Waals surface area contributed by atoms with Gasteiger partial charge in [0.2, 0.25) is 5.91 Å². The van der Waals surface area contributed by atoms with E-state index in [2.05, 4.69) is 6.92 Å². The number of likely N-dealkylation sites (tertiary alicyclic amines) is 1. The lowest BCUT2D eigenvalue weighted by molar-refractivity contribution is -0.140. The molecule has 1 aliphatic heterocycles. The topological polar surface area (TPSA) is 57.6 Å². The van der Waals surface area contributed by atoms with Crippen LogP contribution in [0.3, 0.4) is 0 Å². The molecule has 1 aliphatic rings. The predicted molar refractivity (Wildman–Crippen MR) is 85.9 cm³/mol. The zero-order valence-corrected chi connectivity index (χ0v) is 13.6. The number of benzene rings is 1. The number of carboxylic acid groups (broad SMARTS) is 1. The second-order valence-corrected chi connectivity index (χ2v) is 6.56. The maximum absolute atomic E-state index is 12.4. The molecular weight excluding hydrogens is 302 g/mol. The van der Waals surface area contributed by atoms with Crippen LogP contribution >= 0.6 is 11.6 Å². The van der Waals surface area contributed by atoms with Crippen molar-refractivity contribution in [2.45, 2.75) is 45.1 Å². The van der Waals surface area contributed by atoms with Crippen LogP contribution in [0.5, 0.6) is 0 Å². The van der Waals surface area contributed by atoms with Crippen molar-refractivity contribution in [3.63, 3.8) is 0 Å². The summed E-state index contributed by atoms with van der Waals surface area (Å²) in [7, 11) is 0. The van der Waals surface area contributed by atoms with Crippen molar-refractivity contribution in [3.8, 4) is 0 Å². The number of carbonyl (C=O) groups is 2. The second-order valence-electron chi connectivity index (χ2n) is 6.12. The molecule has 120 valence electrons. The highest BCUT2D eigenvalue weighted by Gasteiger charge is 2.30. The Morgan fingerprint density at radius 1 is 1.36 bits per heavy atom. The van der Waals surface area contributed by atoms with E-state index in [1.807, 2.05) is 24.3 Å². The molecule has 1 heterocycles.